The number of aromatic nitrogens is 1. The van der Waals surface area contributed by atoms with Gasteiger partial charge in [0.05, 0.1) is 11.3 Å². The van der Waals surface area contributed by atoms with Crippen molar-refractivity contribution in [1.82, 2.24) is 10.4 Å². The summed E-state index contributed by atoms with van der Waals surface area (Å²) in [6.45, 7) is 0. The molecule has 1 aliphatic rings. The van der Waals surface area contributed by atoms with E-state index in [9.17, 15) is 4.79 Å². The summed E-state index contributed by atoms with van der Waals surface area (Å²) in [5.41, 5.74) is 3.55. The van der Waals surface area contributed by atoms with Gasteiger partial charge in [0.15, 0.2) is 0 Å². The van der Waals surface area contributed by atoms with E-state index in [0.717, 1.165) is 35.1 Å². The zero-order chi connectivity index (χ0) is 15.9. The summed E-state index contributed by atoms with van der Waals surface area (Å²) in [5.74, 6) is 0.679. The molecule has 0 spiro atoms. The first-order valence-electron chi connectivity index (χ1n) is 7.76. The molecule has 0 bridgehead atoms. The third-order valence-corrected chi connectivity index (χ3v) is 4.79. The molecule has 0 aliphatic heterocycles. The molecule has 1 N–H and O–H groups in total. The van der Waals surface area contributed by atoms with E-state index in [1.54, 1.807) is 6.20 Å². The monoisotopic (exact) mass is 325 g/mol. The predicted molar refractivity (Wildman–Crippen MR) is 95.6 cm³/mol. The minimum absolute atomic E-state index is 0.0921. The number of pyridine rings is 1. The molecule has 0 unspecified atom stereocenters. The van der Waals surface area contributed by atoms with Crippen molar-refractivity contribution >= 4 is 34.8 Å². The van der Waals surface area contributed by atoms with Crippen molar-refractivity contribution in [3.05, 3.63) is 48.7 Å². The maximum absolute atomic E-state index is 11.9. The Morgan fingerprint density at radius 3 is 3.13 bits per heavy atom. The van der Waals surface area contributed by atoms with Gasteiger partial charge in [-0.05, 0) is 37.3 Å². The van der Waals surface area contributed by atoms with E-state index in [1.807, 2.05) is 36.5 Å². The van der Waals surface area contributed by atoms with Crippen LogP contribution in [0.4, 0.5) is 0 Å². The minimum Gasteiger partial charge on any atom is -0.272 e. The summed E-state index contributed by atoms with van der Waals surface area (Å²) in [5, 5.41) is 5.17. The quantitative estimate of drug-likeness (QED) is 0.394. The molecule has 2 aromatic rings. The van der Waals surface area contributed by atoms with E-state index in [4.69, 9.17) is 0 Å². The van der Waals surface area contributed by atoms with E-state index < -0.39 is 0 Å². The number of carbonyl (C=O) groups is 1. The average molecular weight is 325 g/mol. The van der Waals surface area contributed by atoms with Gasteiger partial charge in [0, 0.05) is 22.7 Å². The number of nitrogens with zero attached hydrogens (tertiary/aromatic N) is 2. The van der Waals surface area contributed by atoms with Gasteiger partial charge < -0.3 is 0 Å². The van der Waals surface area contributed by atoms with Crippen LogP contribution in [0.15, 0.2) is 58.7 Å². The molecule has 0 fully saturated rings. The van der Waals surface area contributed by atoms with Gasteiger partial charge in [-0.15, -0.1) is 11.8 Å². The van der Waals surface area contributed by atoms with Crippen molar-refractivity contribution in [1.29, 1.82) is 0 Å². The van der Waals surface area contributed by atoms with Crippen LogP contribution in [0.3, 0.4) is 0 Å². The van der Waals surface area contributed by atoms with Gasteiger partial charge in [-0.1, -0.05) is 30.4 Å². The fraction of sp³-hybridized carbons (Fsp3) is 0.278. The zero-order valence-electron chi connectivity index (χ0n) is 12.8. The highest BCUT2D eigenvalue weighted by atomic mass is 32.2. The Balaban J connectivity index is 1.52. The van der Waals surface area contributed by atoms with Crippen molar-refractivity contribution in [2.24, 2.45) is 11.0 Å². The Kier molecular flexibility index (Phi) is 5.42. The number of benzene rings is 1. The van der Waals surface area contributed by atoms with E-state index in [-0.39, 0.29) is 5.91 Å². The van der Waals surface area contributed by atoms with Gasteiger partial charge in [0.1, 0.15) is 0 Å². The molecular weight excluding hydrogens is 306 g/mol. The Labute approximate surface area is 140 Å². The van der Waals surface area contributed by atoms with Gasteiger partial charge in [0.2, 0.25) is 5.91 Å². The van der Waals surface area contributed by atoms with Crippen molar-refractivity contribution in [3.8, 4) is 0 Å². The smallest absolute Gasteiger partial charge is 0.250 e. The number of thioether (sulfide) groups is 1. The van der Waals surface area contributed by atoms with Crippen LogP contribution in [0.1, 0.15) is 19.3 Å². The first kappa shape index (κ1) is 15.7. The standard InChI is InChI=1S/C18H19N3OS/c22-17(21-20-12-14-6-2-1-3-7-14)13-23-16-10-4-8-15-9-5-11-19-18(15)16/h1-2,4-5,8-12,14H,3,6-7,13H2,(H,21,22)/b20-12-/t14-/m0/s1. The number of carbonyl (C=O) groups excluding carboxylic acids is 1. The van der Waals surface area contributed by atoms with Crippen LogP contribution >= 0.6 is 11.8 Å². The van der Waals surface area contributed by atoms with Gasteiger partial charge in [-0.2, -0.15) is 5.10 Å². The zero-order valence-corrected chi connectivity index (χ0v) is 13.6. The Morgan fingerprint density at radius 1 is 1.35 bits per heavy atom. The van der Waals surface area contributed by atoms with E-state index in [1.165, 1.54) is 11.8 Å². The summed E-state index contributed by atoms with van der Waals surface area (Å²) in [6.07, 6.45) is 11.2. The predicted octanol–water partition coefficient (Wildman–Crippen LogP) is 3.79. The summed E-state index contributed by atoms with van der Waals surface area (Å²) < 4.78 is 0. The van der Waals surface area contributed by atoms with Crippen molar-refractivity contribution in [2.45, 2.75) is 24.2 Å². The van der Waals surface area contributed by atoms with Crippen molar-refractivity contribution in [3.63, 3.8) is 0 Å². The molecular formula is C18H19N3OS. The topological polar surface area (TPSA) is 54.4 Å². The fourth-order valence-electron chi connectivity index (χ4n) is 2.54. The average Bonchev–Trinajstić information content (AvgIpc) is 2.61. The Hall–Kier alpha value is -2.14. The van der Waals surface area contributed by atoms with Gasteiger partial charge >= 0.3 is 0 Å². The minimum atomic E-state index is -0.0921. The van der Waals surface area contributed by atoms with Crippen molar-refractivity contribution in [2.75, 3.05) is 5.75 Å². The molecule has 4 nitrogen and oxygen atoms in total. The Morgan fingerprint density at radius 2 is 2.26 bits per heavy atom. The molecule has 0 saturated carbocycles. The molecule has 3 rings (SSSR count). The first-order valence-corrected chi connectivity index (χ1v) is 8.75. The van der Waals surface area contributed by atoms with Crippen LogP contribution in [-0.4, -0.2) is 22.9 Å². The van der Waals surface area contributed by atoms with E-state index in [2.05, 4.69) is 27.7 Å². The molecule has 1 amide bonds. The molecule has 1 aromatic carbocycles. The van der Waals surface area contributed by atoms with Gasteiger partial charge in [-0.25, -0.2) is 5.43 Å². The number of fused-ring (bicyclic) bond motifs is 1. The van der Waals surface area contributed by atoms with E-state index in [0.29, 0.717) is 11.7 Å². The first-order chi connectivity index (χ1) is 11.3. The number of rotatable bonds is 5. The lowest BCUT2D eigenvalue weighted by molar-refractivity contribution is -0.118. The van der Waals surface area contributed by atoms with Crippen LogP contribution in [0, 0.1) is 5.92 Å². The normalized spacial score (nSPS) is 17.7. The summed E-state index contributed by atoms with van der Waals surface area (Å²) in [4.78, 5) is 17.3. The molecule has 1 aromatic heterocycles. The summed E-state index contributed by atoms with van der Waals surface area (Å²) >= 11 is 1.48. The molecule has 23 heavy (non-hydrogen) atoms. The molecule has 0 radical (unpaired) electrons. The third kappa shape index (κ3) is 4.42. The summed E-state index contributed by atoms with van der Waals surface area (Å²) in [6, 6.07) is 9.94. The van der Waals surface area contributed by atoms with Gasteiger partial charge in [-0.3, -0.25) is 9.78 Å². The number of para-hydroxylation sites is 1. The number of hydrazone groups is 1. The number of hydrogen-bond donors (Lipinski definition) is 1. The number of allylic oxidation sites excluding steroid dienone is 2. The van der Waals surface area contributed by atoms with Crippen LogP contribution in [0.5, 0.6) is 0 Å². The Bertz CT molecular complexity index is 737. The van der Waals surface area contributed by atoms with Crippen LogP contribution in [-0.2, 0) is 4.79 Å². The highest BCUT2D eigenvalue weighted by molar-refractivity contribution is 8.00. The lowest BCUT2D eigenvalue weighted by Gasteiger charge is -2.11. The van der Waals surface area contributed by atoms with E-state index >= 15 is 0 Å². The maximum atomic E-state index is 11.9. The maximum Gasteiger partial charge on any atom is 0.250 e. The van der Waals surface area contributed by atoms with Gasteiger partial charge in [0.25, 0.3) is 0 Å². The highest BCUT2D eigenvalue weighted by Crippen LogP contribution is 2.25. The molecule has 1 heterocycles. The number of hydrogen-bond acceptors (Lipinski definition) is 4. The lowest BCUT2D eigenvalue weighted by Crippen LogP contribution is -2.20. The second-order valence-electron chi connectivity index (χ2n) is 5.48. The second kappa shape index (κ2) is 7.92. The lowest BCUT2D eigenvalue weighted by atomic mass is 9.96. The molecule has 118 valence electrons. The molecule has 0 saturated heterocycles. The third-order valence-electron chi connectivity index (χ3n) is 3.74. The largest absolute Gasteiger partial charge is 0.272 e. The molecule has 1 aliphatic carbocycles. The number of nitrogens with one attached hydrogen (secondary N) is 1. The van der Waals surface area contributed by atoms with Crippen LogP contribution < -0.4 is 5.43 Å². The fourth-order valence-corrected chi connectivity index (χ4v) is 3.37. The highest BCUT2D eigenvalue weighted by Gasteiger charge is 2.08. The van der Waals surface area contributed by atoms with Crippen LogP contribution in [0.2, 0.25) is 0 Å². The summed E-state index contributed by atoms with van der Waals surface area (Å²) in [7, 11) is 0. The van der Waals surface area contributed by atoms with Crippen molar-refractivity contribution < 1.29 is 4.79 Å². The second-order valence-corrected chi connectivity index (χ2v) is 6.49. The SMILES string of the molecule is O=C(CSc1cccc2cccnc12)N/N=C\[C@H]1CC=CCC1. The number of amides is 1. The molecule has 5 heteroatoms. The van der Waals surface area contributed by atoms with Crippen LogP contribution in [0.25, 0.3) is 10.9 Å². The molecule has 1 atom stereocenters.